The molecule has 0 saturated carbocycles. The Morgan fingerprint density at radius 2 is 1.94 bits per heavy atom. The van der Waals surface area contributed by atoms with Crippen LogP contribution in [-0.2, 0) is 4.79 Å². The number of amides is 1. The monoisotopic (exact) mass is 247 g/mol. The highest BCUT2D eigenvalue weighted by Gasteiger charge is 2.39. The van der Waals surface area contributed by atoms with E-state index in [1.54, 1.807) is 0 Å². The number of rotatable bonds is 3. The molecule has 1 aliphatic rings. The molecule has 4 heteroatoms. The number of piperidine rings is 1. The van der Waals surface area contributed by atoms with E-state index in [4.69, 9.17) is 5.73 Å². The van der Waals surface area contributed by atoms with Crippen LogP contribution in [-0.4, -0.2) is 36.5 Å². The fourth-order valence-corrected chi connectivity index (χ4v) is 2.40. The van der Waals surface area contributed by atoms with Gasteiger partial charge in [0.1, 0.15) is 5.54 Å². The summed E-state index contributed by atoms with van der Waals surface area (Å²) in [5, 5.41) is 3.38. The van der Waals surface area contributed by atoms with Crippen molar-refractivity contribution in [1.29, 1.82) is 0 Å². The number of nitrogens with zero attached hydrogens (tertiary/aromatic N) is 1. The molecule has 1 amide bonds. The molecule has 2 rings (SSSR count). The summed E-state index contributed by atoms with van der Waals surface area (Å²) >= 11 is 0. The standard InChI is InChI=1S/C14H21N3O/c1-11-5-3-4-6-12(11)16-14(13(15)18)7-9-17(2)10-8-14/h3-6,16H,7-10H2,1-2H3,(H2,15,18). The first-order valence-electron chi connectivity index (χ1n) is 6.36. The number of nitrogens with two attached hydrogens (primary N) is 1. The zero-order chi connectivity index (χ0) is 13.2. The van der Waals surface area contributed by atoms with E-state index in [9.17, 15) is 4.79 Å². The van der Waals surface area contributed by atoms with Crippen molar-refractivity contribution in [1.82, 2.24) is 4.90 Å². The topological polar surface area (TPSA) is 58.4 Å². The second-order valence-electron chi connectivity index (χ2n) is 5.19. The maximum Gasteiger partial charge on any atom is 0.243 e. The number of nitrogens with one attached hydrogen (secondary N) is 1. The molecule has 0 aromatic heterocycles. The molecular weight excluding hydrogens is 226 g/mol. The first-order valence-corrected chi connectivity index (χ1v) is 6.36. The Morgan fingerprint density at radius 3 is 2.50 bits per heavy atom. The molecule has 0 spiro atoms. The van der Waals surface area contributed by atoms with Crippen LogP contribution < -0.4 is 11.1 Å². The van der Waals surface area contributed by atoms with E-state index in [0.29, 0.717) is 0 Å². The minimum absolute atomic E-state index is 0.251. The maximum atomic E-state index is 11.8. The molecule has 98 valence electrons. The smallest absolute Gasteiger partial charge is 0.243 e. The zero-order valence-corrected chi connectivity index (χ0v) is 11.1. The van der Waals surface area contributed by atoms with E-state index in [2.05, 4.69) is 17.3 Å². The third kappa shape index (κ3) is 2.48. The van der Waals surface area contributed by atoms with Crippen molar-refractivity contribution in [2.24, 2.45) is 5.73 Å². The van der Waals surface area contributed by atoms with E-state index in [0.717, 1.165) is 37.2 Å². The van der Waals surface area contributed by atoms with Crippen molar-refractivity contribution in [2.75, 3.05) is 25.5 Å². The predicted octanol–water partition coefficient (Wildman–Crippen LogP) is 1.36. The van der Waals surface area contributed by atoms with Gasteiger partial charge in [-0.05, 0) is 38.4 Å². The number of benzene rings is 1. The largest absolute Gasteiger partial charge is 0.371 e. The van der Waals surface area contributed by atoms with Crippen LogP contribution in [0.25, 0.3) is 0 Å². The molecule has 1 saturated heterocycles. The van der Waals surface area contributed by atoms with E-state index < -0.39 is 5.54 Å². The normalized spacial score (nSPS) is 19.4. The maximum absolute atomic E-state index is 11.8. The number of para-hydroxylation sites is 1. The van der Waals surface area contributed by atoms with Gasteiger partial charge in [0.25, 0.3) is 0 Å². The molecule has 1 aromatic carbocycles. The van der Waals surface area contributed by atoms with Crippen molar-refractivity contribution >= 4 is 11.6 Å². The summed E-state index contributed by atoms with van der Waals surface area (Å²) < 4.78 is 0. The molecule has 0 atom stereocenters. The van der Waals surface area contributed by atoms with Gasteiger partial charge in [0.2, 0.25) is 5.91 Å². The summed E-state index contributed by atoms with van der Waals surface area (Å²) in [7, 11) is 2.07. The number of carbonyl (C=O) groups is 1. The highest BCUT2D eigenvalue weighted by molar-refractivity contribution is 5.88. The van der Waals surface area contributed by atoms with Gasteiger partial charge in [-0.15, -0.1) is 0 Å². The number of anilines is 1. The van der Waals surface area contributed by atoms with E-state index in [1.807, 2.05) is 31.2 Å². The van der Waals surface area contributed by atoms with E-state index >= 15 is 0 Å². The number of aryl methyl sites for hydroxylation is 1. The van der Waals surface area contributed by atoms with Gasteiger partial charge in [0.15, 0.2) is 0 Å². The lowest BCUT2D eigenvalue weighted by molar-refractivity contribution is -0.123. The molecule has 18 heavy (non-hydrogen) atoms. The van der Waals surface area contributed by atoms with E-state index in [1.165, 1.54) is 0 Å². The molecule has 1 aromatic rings. The van der Waals surface area contributed by atoms with Crippen LogP contribution in [0.1, 0.15) is 18.4 Å². The van der Waals surface area contributed by atoms with Crippen LogP contribution in [0.15, 0.2) is 24.3 Å². The van der Waals surface area contributed by atoms with Crippen LogP contribution >= 0.6 is 0 Å². The van der Waals surface area contributed by atoms with Crippen molar-refractivity contribution < 1.29 is 4.79 Å². The van der Waals surface area contributed by atoms with Crippen LogP contribution in [0.3, 0.4) is 0 Å². The number of carbonyl (C=O) groups excluding carboxylic acids is 1. The van der Waals surface area contributed by atoms with Crippen LogP contribution in [0.5, 0.6) is 0 Å². The van der Waals surface area contributed by atoms with Crippen molar-refractivity contribution in [3.8, 4) is 0 Å². The Morgan fingerprint density at radius 1 is 1.33 bits per heavy atom. The second kappa shape index (κ2) is 4.98. The number of likely N-dealkylation sites (tertiary alicyclic amines) is 1. The average molecular weight is 247 g/mol. The summed E-state index contributed by atoms with van der Waals surface area (Å²) in [6.07, 6.45) is 1.51. The summed E-state index contributed by atoms with van der Waals surface area (Å²) in [5.41, 5.74) is 7.16. The van der Waals surface area contributed by atoms with E-state index in [-0.39, 0.29) is 5.91 Å². The van der Waals surface area contributed by atoms with Crippen molar-refractivity contribution in [2.45, 2.75) is 25.3 Å². The molecule has 1 fully saturated rings. The predicted molar refractivity (Wildman–Crippen MR) is 73.5 cm³/mol. The summed E-state index contributed by atoms with van der Waals surface area (Å²) in [6, 6.07) is 8.00. The molecule has 0 bridgehead atoms. The van der Waals surface area contributed by atoms with Gasteiger partial charge < -0.3 is 16.0 Å². The quantitative estimate of drug-likeness (QED) is 0.848. The lowest BCUT2D eigenvalue weighted by atomic mass is 9.86. The van der Waals surface area contributed by atoms with Gasteiger partial charge >= 0.3 is 0 Å². The Labute approximate surface area is 108 Å². The number of hydrogen-bond acceptors (Lipinski definition) is 3. The first-order chi connectivity index (χ1) is 8.53. The number of primary amides is 1. The lowest BCUT2D eigenvalue weighted by Crippen LogP contribution is -2.56. The molecule has 3 N–H and O–H groups in total. The third-order valence-electron chi connectivity index (χ3n) is 3.83. The van der Waals surface area contributed by atoms with Gasteiger partial charge in [-0.25, -0.2) is 0 Å². The Hall–Kier alpha value is -1.55. The Kier molecular flexibility index (Phi) is 3.57. The van der Waals surface area contributed by atoms with Crippen molar-refractivity contribution in [3.05, 3.63) is 29.8 Å². The molecule has 1 aliphatic heterocycles. The summed E-state index contributed by atoms with van der Waals surface area (Å²) in [4.78, 5) is 14.1. The van der Waals surface area contributed by atoms with Crippen LogP contribution in [0.4, 0.5) is 5.69 Å². The summed E-state index contributed by atoms with van der Waals surface area (Å²) in [5.74, 6) is -0.251. The molecule has 0 aliphatic carbocycles. The van der Waals surface area contributed by atoms with Gasteiger partial charge in [0.05, 0.1) is 0 Å². The lowest BCUT2D eigenvalue weighted by Gasteiger charge is -2.39. The van der Waals surface area contributed by atoms with Crippen LogP contribution in [0.2, 0.25) is 0 Å². The number of hydrogen-bond donors (Lipinski definition) is 2. The van der Waals surface area contributed by atoms with Gasteiger partial charge in [-0.1, -0.05) is 18.2 Å². The minimum atomic E-state index is -0.599. The minimum Gasteiger partial charge on any atom is -0.371 e. The highest BCUT2D eigenvalue weighted by atomic mass is 16.1. The SMILES string of the molecule is Cc1ccccc1NC1(C(N)=O)CCN(C)CC1. The fourth-order valence-electron chi connectivity index (χ4n) is 2.40. The van der Waals surface area contributed by atoms with Crippen LogP contribution in [0, 0.1) is 6.92 Å². The molecule has 4 nitrogen and oxygen atoms in total. The first kappa shape index (κ1) is 12.9. The zero-order valence-electron chi connectivity index (χ0n) is 11.1. The fraction of sp³-hybridized carbons (Fsp3) is 0.500. The Bertz CT molecular complexity index is 436. The van der Waals surface area contributed by atoms with Gasteiger partial charge in [0, 0.05) is 18.8 Å². The summed E-state index contributed by atoms with van der Waals surface area (Å²) in [6.45, 7) is 3.82. The third-order valence-corrected chi connectivity index (χ3v) is 3.83. The van der Waals surface area contributed by atoms with Gasteiger partial charge in [-0.2, -0.15) is 0 Å². The highest BCUT2D eigenvalue weighted by Crippen LogP contribution is 2.27. The molecular formula is C14H21N3O. The average Bonchev–Trinajstić information content (AvgIpc) is 2.35. The molecule has 1 heterocycles. The van der Waals surface area contributed by atoms with Gasteiger partial charge in [-0.3, -0.25) is 4.79 Å². The Balaban J connectivity index is 2.22. The second-order valence-corrected chi connectivity index (χ2v) is 5.19. The van der Waals surface area contributed by atoms with Crippen molar-refractivity contribution in [3.63, 3.8) is 0 Å². The molecule has 0 unspecified atom stereocenters. The molecule has 0 radical (unpaired) electrons.